The number of aliphatic hydroxyl groups is 1. The Morgan fingerprint density at radius 1 is 1.38 bits per heavy atom. The lowest BCUT2D eigenvalue weighted by atomic mass is 10.1. The van der Waals surface area contributed by atoms with E-state index in [1.54, 1.807) is 0 Å². The van der Waals surface area contributed by atoms with Crippen LogP contribution in [-0.2, 0) is 0 Å². The minimum atomic E-state index is -0.425. The van der Waals surface area contributed by atoms with Crippen LogP contribution in [-0.4, -0.2) is 30.6 Å². The molecule has 0 fully saturated rings. The van der Waals surface area contributed by atoms with Crippen LogP contribution in [0.2, 0.25) is 0 Å². The Morgan fingerprint density at radius 2 is 2.00 bits per heavy atom. The van der Waals surface area contributed by atoms with Crippen molar-refractivity contribution in [3.8, 4) is 0 Å². The normalized spacial score (nSPS) is 13.3. The van der Waals surface area contributed by atoms with Crippen LogP contribution in [0.3, 0.4) is 0 Å². The fourth-order valence-electron chi connectivity index (χ4n) is 1.19. The van der Waals surface area contributed by atoms with Crippen LogP contribution in [0.1, 0.15) is 11.7 Å². The van der Waals surface area contributed by atoms with Gasteiger partial charge in [0.1, 0.15) is 0 Å². The van der Waals surface area contributed by atoms with Gasteiger partial charge in [-0.1, -0.05) is 34.1 Å². The van der Waals surface area contributed by atoms with Crippen molar-refractivity contribution in [3.05, 3.63) is 34.3 Å². The van der Waals surface area contributed by atoms with Gasteiger partial charge in [-0.2, -0.15) is 0 Å². The summed E-state index contributed by atoms with van der Waals surface area (Å²) in [6, 6.07) is 7.74. The fraction of sp³-hybridized carbons (Fsp3) is 0.400. The lowest BCUT2D eigenvalue weighted by molar-refractivity contribution is 0.138. The summed E-state index contributed by atoms with van der Waals surface area (Å²) in [6.45, 7) is 0.641. The van der Waals surface area contributed by atoms with Crippen LogP contribution in [0, 0.1) is 0 Å². The molecule has 0 saturated carbocycles. The van der Waals surface area contributed by atoms with E-state index in [-0.39, 0.29) is 0 Å². The van der Waals surface area contributed by atoms with Gasteiger partial charge < -0.3 is 10.0 Å². The zero-order valence-corrected chi connectivity index (χ0v) is 9.45. The van der Waals surface area contributed by atoms with Crippen molar-refractivity contribution in [1.29, 1.82) is 0 Å². The van der Waals surface area contributed by atoms with Gasteiger partial charge in [-0.3, -0.25) is 0 Å². The average molecular weight is 244 g/mol. The molecule has 3 heteroatoms. The lowest BCUT2D eigenvalue weighted by Crippen LogP contribution is -2.20. The van der Waals surface area contributed by atoms with Gasteiger partial charge in [0.05, 0.1) is 6.10 Å². The van der Waals surface area contributed by atoms with E-state index in [1.807, 2.05) is 43.3 Å². The molecule has 0 bridgehead atoms. The summed E-state index contributed by atoms with van der Waals surface area (Å²) in [7, 11) is 3.89. The van der Waals surface area contributed by atoms with Crippen LogP contribution in [0.4, 0.5) is 0 Å². The SMILES string of the molecule is CN(C)CC(O)c1ccccc1Br. The molecule has 0 heterocycles. The molecule has 1 N–H and O–H groups in total. The quantitative estimate of drug-likeness (QED) is 0.879. The second-order valence-electron chi connectivity index (χ2n) is 3.30. The van der Waals surface area contributed by atoms with Crippen LogP contribution in [0.15, 0.2) is 28.7 Å². The van der Waals surface area contributed by atoms with E-state index in [0.29, 0.717) is 6.54 Å². The maximum Gasteiger partial charge on any atom is 0.0927 e. The van der Waals surface area contributed by atoms with E-state index >= 15 is 0 Å². The molecule has 0 saturated heterocycles. The topological polar surface area (TPSA) is 23.5 Å². The van der Waals surface area contributed by atoms with E-state index in [4.69, 9.17) is 0 Å². The molecule has 1 aromatic rings. The highest BCUT2D eigenvalue weighted by Gasteiger charge is 2.10. The van der Waals surface area contributed by atoms with Gasteiger partial charge in [0.15, 0.2) is 0 Å². The molecular formula is C10H14BrNO. The number of hydrogen-bond donors (Lipinski definition) is 1. The average Bonchev–Trinajstić information content (AvgIpc) is 2.03. The van der Waals surface area contributed by atoms with Crippen molar-refractivity contribution in [2.24, 2.45) is 0 Å². The number of likely N-dealkylation sites (N-methyl/N-ethyl adjacent to an activating group) is 1. The Labute approximate surface area is 87.3 Å². The maximum atomic E-state index is 9.80. The second kappa shape index (κ2) is 4.74. The molecule has 1 aromatic carbocycles. The zero-order valence-electron chi connectivity index (χ0n) is 7.87. The number of halogens is 1. The van der Waals surface area contributed by atoms with Gasteiger partial charge in [0, 0.05) is 11.0 Å². The van der Waals surface area contributed by atoms with Crippen LogP contribution >= 0.6 is 15.9 Å². The van der Waals surface area contributed by atoms with Gasteiger partial charge in [-0.15, -0.1) is 0 Å². The molecule has 2 nitrogen and oxygen atoms in total. The third-order valence-electron chi connectivity index (χ3n) is 1.80. The van der Waals surface area contributed by atoms with Crippen molar-refractivity contribution in [1.82, 2.24) is 4.90 Å². The monoisotopic (exact) mass is 243 g/mol. The van der Waals surface area contributed by atoms with Gasteiger partial charge in [0.25, 0.3) is 0 Å². The molecular weight excluding hydrogens is 230 g/mol. The lowest BCUT2D eigenvalue weighted by Gasteiger charge is -2.17. The molecule has 1 atom stereocenters. The molecule has 0 aromatic heterocycles. The van der Waals surface area contributed by atoms with Crippen molar-refractivity contribution in [2.75, 3.05) is 20.6 Å². The second-order valence-corrected chi connectivity index (χ2v) is 4.15. The number of rotatable bonds is 3. The van der Waals surface area contributed by atoms with Gasteiger partial charge in [-0.25, -0.2) is 0 Å². The highest BCUT2D eigenvalue weighted by molar-refractivity contribution is 9.10. The first kappa shape index (κ1) is 10.7. The molecule has 0 radical (unpaired) electrons. The van der Waals surface area contributed by atoms with Crippen LogP contribution in [0.25, 0.3) is 0 Å². The van der Waals surface area contributed by atoms with E-state index in [1.165, 1.54) is 0 Å². The fourth-order valence-corrected chi connectivity index (χ4v) is 1.74. The summed E-state index contributed by atoms with van der Waals surface area (Å²) >= 11 is 3.41. The van der Waals surface area contributed by atoms with Crippen LogP contribution in [0.5, 0.6) is 0 Å². The van der Waals surface area contributed by atoms with Crippen molar-refractivity contribution < 1.29 is 5.11 Å². The van der Waals surface area contributed by atoms with Gasteiger partial charge in [0.2, 0.25) is 0 Å². The summed E-state index contributed by atoms with van der Waals surface area (Å²) < 4.78 is 0.962. The van der Waals surface area contributed by atoms with Gasteiger partial charge >= 0.3 is 0 Å². The van der Waals surface area contributed by atoms with Crippen LogP contribution < -0.4 is 0 Å². The van der Waals surface area contributed by atoms with Crippen molar-refractivity contribution in [2.45, 2.75) is 6.10 Å². The number of benzene rings is 1. The predicted octanol–water partition coefficient (Wildman–Crippen LogP) is 2.04. The Morgan fingerprint density at radius 3 is 2.54 bits per heavy atom. The Balaban J connectivity index is 2.76. The van der Waals surface area contributed by atoms with Gasteiger partial charge in [-0.05, 0) is 25.7 Å². The zero-order chi connectivity index (χ0) is 9.84. The van der Waals surface area contributed by atoms with E-state index in [2.05, 4.69) is 15.9 Å². The number of nitrogens with zero attached hydrogens (tertiary/aromatic N) is 1. The molecule has 72 valence electrons. The molecule has 0 aliphatic heterocycles. The summed E-state index contributed by atoms with van der Waals surface area (Å²) in [5, 5.41) is 9.80. The van der Waals surface area contributed by atoms with E-state index in [9.17, 15) is 5.11 Å². The Bertz CT molecular complexity index is 275. The summed E-state index contributed by atoms with van der Waals surface area (Å²) in [6.07, 6.45) is -0.425. The first-order chi connectivity index (χ1) is 6.11. The molecule has 0 aliphatic carbocycles. The molecule has 0 amide bonds. The molecule has 1 rings (SSSR count). The summed E-state index contributed by atoms with van der Waals surface area (Å²) in [5.74, 6) is 0. The molecule has 13 heavy (non-hydrogen) atoms. The first-order valence-corrected chi connectivity index (χ1v) is 4.98. The highest BCUT2D eigenvalue weighted by Crippen LogP contribution is 2.23. The highest BCUT2D eigenvalue weighted by atomic mass is 79.9. The van der Waals surface area contributed by atoms with Crippen molar-refractivity contribution >= 4 is 15.9 Å². The minimum Gasteiger partial charge on any atom is -0.387 e. The maximum absolute atomic E-state index is 9.80. The number of aliphatic hydroxyl groups excluding tert-OH is 1. The predicted molar refractivity (Wildman–Crippen MR) is 57.7 cm³/mol. The van der Waals surface area contributed by atoms with Crippen molar-refractivity contribution in [3.63, 3.8) is 0 Å². The third-order valence-corrected chi connectivity index (χ3v) is 2.52. The molecule has 1 unspecified atom stereocenters. The first-order valence-electron chi connectivity index (χ1n) is 4.18. The standard InChI is InChI=1S/C10H14BrNO/c1-12(2)7-10(13)8-5-3-4-6-9(8)11/h3-6,10,13H,7H2,1-2H3. The van der Waals surface area contributed by atoms with E-state index < -0.39 is 6.10 Å². The Hall–Kier alpha value is -0.380. The molecule has 0 spiro atoms. The summed E-state index contributed by atoms with van der Waals surface area (Å²) in [5.41, 5.74) is 0.941. The molecule has 0 aliphatic rings. The largest absolute Gasteiger partial charge is 0.387 e. The van der Waals surface area contributed by atoms with E-state index in [0.717, 1.165) is 10.0 Å². The smallest absolute Gasteiger partial charge is 0.0927 e. The Kier molecular flexibility index (Phi) is 3.90. The number of hydrogen-bond acceptors (Lipinski definition) is 2. The summed E-state index contributed by atoms with van der Waals surface area (Å²) in [4.78, 5) is 1.96. The minimum absolute atomic E-state index is 0.425. The third kappa shape index (κ3) is 3.10.